The second-order valence-electron chi connectivity index (χ2n) is 6.96. The number of nitrogens with one attached hydrogen (secondary N) is 2. The first-order valence-corrected chi connectivity index (χ1v) is 11.1. The zero-order chi connectivity index (χ0) is 22.3. The van der Waals surface area contributed by atoms with Crippen molar-refractivity contribution in [2.24, 2.45) is 0 Å². The fourth-order valence-electron chi connectivity index (χ4n) is 3.14. The number of amides is 2. The van der Waals surface area contributed by atoms with E-state index in [1.54, 1.807) is 54.9 Å². The lowest BCUT2D eigenvalue weighted by Crippen LogP contribution is -2.28. The van der Waals surface area contributed by atoms with Crippen molar-refractivity contribution < 1.29 is 13.7 Å². The Bertz CT molecular complexity index is 1190. The molecule has 160 valence electrons. The molecule has 1 unspecified atom stereocenters. The van der Waals surface area contributed by atoms with Crippen molar-refractivity contribution in [2.45, 2.75) is 16.3 Å². The van der Waals surface area contributed by atoms with Crippen LogP contribution in [0, 0.1) is 5.82 Å². The zero-order valence-electron chi connectivity index (χ0n) is 17.0. The highest BCUT2D eigenvalue weighted by Gasteiger charge is 2.20. The van der Waals surface area contributed by atoms with Crippen LogP contribution in [0.4, 0.5) is 14.9 Å². The zero-order valence-corrected chi connectivity index (χ0v) is 17.8. The first kappa shape index (κ1) is 21.5. The molecule has 2 N–H and O–H groups in total. The molecule has 0 bridgehead atoms. The van der Waals surface area contributed by atoms with E-state index in [1.165, 1.54) is 12.1 Å². The first-order valence-electron chi connectivity index (χ1n) is 9.91. The molecular formula is C25H20FN3O2S. The summed E-state index contributed by atoms with van der Waals surface area (Å²) in [6.45, 7) is 0.386. The van der Waals surface area contributed by atoms with E-state index >= 15 is 0 Å². The SMILES string of the molecule is O=C(NCc1ccncc1)Nc1ccc([S+]([O-])c2ccccc2-c2ccc(F)cc2)cc1. The molecule has 7 heteroatoms. The Morgan fingerprint density at radius 1 is 0.906 bits per heavy atom. The van der Waals surface area contributed by atoms with Crippen LogP contribution in [0.25, 0.3) is 11.1 Å². The molecule has 1 atom stereocenters. The van der Waals surface area contributed by atoms with Gasteiger partial charge in [0.15, 0.2) is 9.79 Å². The number of carbonyl (C=O) groups is 1. The van der Waals surface area contributed by atoms with Crippen LogP contribution in [-0.4, -0.2) is 15.6 Å². The van der Waals surface area contributed by atoms with Gasteiger partial charge in [0, 0.05) is 41.4 Å². The fourth-order valence-corrected chi connectivity index (χ4v) is 4.37. The Labute approximate surface area is 188 Å². The largest absolute Gasteiger partial charge is 0.606 e. The summed E-state index contributed by atoms with van der Waals surface area (Å²) in [6.07, 6.45) is 3.34. The second kappa shape index (κ2) is 10.1. The number of aromatic nitrogens is 1. The van der Waals surface area contributed by atoms with Gasteiger partial charge in [0.1, 0.15) is 5.82 Å². The van der Waals surface area contributed by atoms with E-state index < -0.39 is 11.2 Å². The maximum Gasteiger partial charge on any atom is 0.319 e. The van der Waals surface area contributed by atoms with Crippen molar-refractivity contribution in [3.8, 4) is 11.1 Å². The van der Waals surface area contributed by atoms with Crippen LogP contribution in [0.1, 0.15) is 5.56 Å². The summed E-state index contributed by atoms with van der Waals surface area (Å²) in [5.74, 6) is -0.319. The lowest BCUT2D eigenvalue weighted by molar-refractivity contribution is 0.251. The molecule has 2 amide bonds. The van der Waals surface area contributed by atoms with Crippen molar-refractivity contribution >= 4 is 22.9 Å². The number of halogens is 1. The highest BCUT2D eigenvalue weighted by Crippen LogP contribution is 2.31. The number of pyridine rings is 1. The quantitative estimate of drug-likeness (QED) is 0.392. The van der Waals surface area contributed by atoms with Gasteiger partial charge in [-0.15, -0.1) is 0 Å². The van der Waals surface area contributed by atoms with Gasteiger partial charge in [0.05, 0.1) is 0 Å². The summed E-state index contributed by atoms with van der Waals surface area (Å²) in [4.78, 5) is 17.3. The molecule has 0 saturated carbocycles. The summed E-state index contributed by atoms with van der Waals surface area (Å²) in [6, 6.07) is 23.6. The number of benzene rings is 3. The topological polar surface area (TPSA) is 77.1 Å². The van der Waals surface area contributed by atoms with Crippen LogP contribution in [0.3, 0.4) is 0 Å². The van der Waals surface area contributed by atoms with Crippen molar-refractivity contribution in [1.29, 1.82) is 0 Å². The number of anilines is 1. The van der Waals surface area contributed by atoms with E-state index in [-0.39, 0.29) is 11.8 Å². The number of carbonyl (C=O) groups excluding carboxylic acids is 1. The van der Waals surface area contributed by atoms with E-state index in [9.17, 15) is 13.7 Å². The average molecular weight is 446 g/mol. The van der Waals surface area contributed by atoms with Gasteiger partial charge in [0.25, 0.3) is 0 Å². The Balaban J connectivity index is 1.44. The Kier molecular flexibility index (Phi) is 6.79. The van der Waals surface area contributed by atoms with Gasteiger partial charge in [-0.05, 0) is 71.8 Å². The minimum Gasteiger partial charge on any atom is -0.606 e. The van der Waals surface area contributed by atoms with E-state index in [2.05, 4.69) is 15.6 Å². The molecule has 1 heterocycles. The van der Waals surface area contributed by atoms with E-state index in [0.717, 1.165) is 16.7 Å². The number of urea groups is 1. The summed E-state index contributed by atoms with van der Waals surface area (Å²) < 4.78 is 26.5. The average Bonchev–Trinajstić information content (AvgIpc) is 2.84. The normalized spacial score (nSPS) is 11.6. The highest BCUT2D eigenvalue weighted by molar-refractivity contribution is 7.91. The molecule has 32 heavy (non-hydrogen) atoms. The van der Waals surface area contributed by atoms with Gasteiger partial charge in [0.2, 0.25) is 0 Å². The highest BCUT2D eigenvalue weighted by atomic mass is 32.2. The standard InChI is InChI=1S/C25H20FN3O2S/c26-20-7-5-19(6-8-20)23-3-1-2-4-24(23)32(31)22-11-9-21(10-12-22)29-25(30)28-17-18-13-15-27-16-14-18/h1-16H,17H2,(H2,28,29,30). The van der Waals surface area contributed by atoms with Crippen molar-refractivity contribution in [2.75, 3.05) is 5.32 Å². The van der Waals surface area contributed by atoms with Gasteiger partial charge in [-0.25, -0.2) is 9.18 Å². The fraction of sp³-hybridized carbons (Fsp3) is 0.0400. The van der Waals surface area contributed by atoms with Crippen molar-refractivity contribution in [3.05, 3.63) is 109 Å². The molecule has 5 nitrogen and oxygen atoms in total. The molecule has 0 radical (unpaired) electrons. The molecule has 0 aliphatic heterocycles. The molecule has 1 aromatic heterocycles. The van der Waals surface area contributed by atoms with Crippen LogP contribution < -0.4 is 10.6 Å². The van der Waals surface area contributed by atoms with E-state index in [0.29, 0.717) is 22.0 Å². The molecule has 4 rings (SSSR count). The van der Waals surface area contributed by atoms with Gasteiger partial charge in [-0.2, -0.15) is 0 Å². The summed E-state index contributed by atoms with van der Waals surface area (Å²) in [5, 5.41) is 5.54. The number of rotatable bonds is 6. The maximum atomic E-state index is 13.3. The third kappa shape index (κ3) is 5.32. The minimum atomic E-state index is -1.44. The molecular weight excluding hydrogens is 425 g/mol. The number of hydrogen-bond donors (Lipinski definition) is 2. The molecule has 4 aromatic rings. The van der Waals surface area contributed by atoms with Crippen LogP contribution in [0.5, 0.6) is 0 Å². The van der Waals surface area contributed by atoms with Crippen LogP contribution in [0.2, 0.25) is 0 Å². The molecule has 0 aliphatic rings. The summed E-state index contributed by atoms with van der Waals surface area (Å²) in [7, 11) is 0. The van der Waals surface area contributed by atoms with Gasteiger partial charge in [-0.1, -0.05) is 24.3 Å². The molecule has 0 spiro atoms. The van der Waals surface area contributed by atoms with Crippen molar-refractivity contribution in [1.82, 2.24) is 10.3 Å². The maximum absolute atomic E-state index is 13.3. The summed E-state index contributed by atoms with van der Waals surface area (Å²) >= 11 is -1.44. The van der Waals surface area contributed by atoms with Crippen LogP contribution in [0.15, 0.2) is 107 Å². The molecule has 0 aliphatic carbocycles. The first-order chi connectivity index (χ1) is 15.6. The van der Waals surface area contributed by atoms with Crippen LogP contribution >= 0.6 is 0 Å². The molecule has 0 fully saturated rings. The lowest BCUT2D eigenvalue weighted by Gasteiger charge is -2.14. The van der Waals surface area contributed by atoms with Gasteiger partial charge >= 0.3 is 6.03 Å². The monoisotopic (exact) mass is 445 g/mol. The predicted molar refractivity (Wildman–Crippen MR) is 123 cm³/mol. The molecule has 0 saturated heterocycles. The minimum absolute atomic E-state index is 0.319. The number of nitrogens with zero attached hydrogens (tertiary/aromatic N) is 1. The van der Waals surface area contributed by atoms with Gasteiger partial charge < -0.3 is 15.2 Å². The summed E-state index contributed by atoms with van der Waals surface area (Å²) in [5.41, 5.74) is 3.11. The van der Waals surface area contributed by atoms with E-state index in [4.69, 9.17) is 0 Å². The van der Waals surface area contributed by atoms with Gasteiger partial charge in [-0.3, -0.25) is 4.98 Å². The van der Waals surface area contributed by atoms with Crippen LogP contribution in [-0.2, 0) is 17.7 Å². The van der Waals surface area contributed by atoms with E-state index in [1.807, 2.05) is 30.3 Å². The Morgan fingerprint density at radius 2 is 1.59 bits per heavy atom. The third-order valence-electron chi connectivity index (χ3n) is 4.77. The van der Waals surface area contributed by atoms with Crippen molar-refractivity contribution in [3.63, 3.8) is 0 Å². The Morgan fingerprint density at radius 3 is 2.31 bits per heavy atom. The lowest BCUT2D eigenvalue weighted by atomic mass is 10.1. The number of hydrogen-bond acceptors (Lipinski definition) is 3. The third-order valence-corrected chi connectivity index (χ3v) is 6.23. The molecule has 3 aromatic carbocycles. The predicted octanol–water partition coefficient (Wildman–Crippen LogP) is 5.38. The Hall–Kier alpha value is -3.68. The smallest absolute Gasteiger partial charge is 0.319 e. The second-order valence-corrected chi connectivity index (χ2v) is 8.41.